The Morgan fingerprint density at radius 1 is 1.20 bits per heavy atom. The summed E-state index contributed by atoms with van der Waals surface area (Å²) in [6.45, 7) is 4.54. The van der Waals surface area contributed by atoms with Crippen molar-refractivity contribution < 1.29 is 4.79 Å². The molecule has 5 heterocycles. The SMILES string of the molecule is Cc1cn2nc([C@@H]3CCCCN3C(=O)c3cn(C)cn3)cc2nc1N1CC[C@H](N)C1. The second-order valence-electron chi connectivity index (χ2n) is 8.55. The molecule has 9 heteroatoms. The fourth-order valence-electron chi connectivity index (χ4n) is 4.63. The Kier molecular flexibility index (Phi) is 4.69. The molecular weight excluding hydrogens is 380 g/mol. The van der Waals surface area contributed by atoms with Crippen molar-refractivity contribution in [3.63, 3.8) is 0 Å². The van der Waals surface area contributed by atoms with Crippen molar-refractivity contribution in [2.24, 2.45) is 12.8 Å². The van der Waals surface area contributed by atoms with Crippen molar-refractivity contribution in [3.8, 4) is 0 Å². The fraction of sp³-hybridized carbons (Fsp3) is 0.524. The number of imidazole rings is 1. The molecule has 2 fully saturated rings. The van der Waals surface area contributed by atoms with Gasteiger partial charge >= 0.3 is 0 Å². The minimum atomic E-state index is -0.0566. The molecule has 158 valence electrons. The number of aromatic nitrogens is 5. The molecule has 1 amide bonds. The Hall–Kier alpha value is -2.94. The highest BCUT2D eigenvalue weighted by atomic mass is 16.2. The van der Waals surface area contributed by atoms with Crippen LogP contribution in [-0.2, 0) is 7.05 Å². The van der Waals surface area contributed by atoms with E-state index in [0.717, 1.165) is 68.0 Å². The number of amides is 1. The second-order valence-corrected chi connectivity index (χ2v) is 8.55. The lowest BCUT2D eigenvalue weighted by molar-refractivity contribution is 0.0600. The summed E-state index contributed by atoms with van der Waals surface area (Å²) < 4.78 is 3.64. The molecule has 9 nitrogen and oxygen atoms in total. The van der Waals surface area contributed by atoms with Gasteiger partial charge in [-0.05, 0) is 32.6 Å². The Balaban J connectivity index is 1.47. The van der Waals surface area contributed by atoms with E-state index in [9.17, 15) is 4.79 Å². The summed E-state index contributed by atoms with van der Waals surface area (Å²) in [5.41, 5.74) is 9.35. The van der Waals surface area contributed by atoms with Crippen molar-refractivity contribution >= 4 is 17.4 Å². The molecule has 0 saturated carbocycles. The number of aryl methyl sites for hydroxylation is 2. The van der Waals surface area contributed by atoms with E-state index in [1.54, 1.807) is 17.1 Å². The zero-order chi connectivity index (χ0) is 20.8. The number of hydrogen-bond donors (Lipinski definition) is 1. The van der Waals surface area contributed by atoms with E-state index in [1.165, 1.54) is 0 Å². The number of piperidine rings is 1. The van der Waals surface area contributed by atoms with E-state index in [1.807, 2.05) is 28.7 Å². The van der Waals surface area contributed by atoms with Gasteiger partial charge in [0.1, 0.15) is 11.5 Å². The zero-order valence-electron chi connectivity index (χ0n) is 17.5. The van der Waals surface area contributed by atoms with Crippen molar-refractivity contribution in [2.45, 2.75) is 44.7 Å². The molecule has 0 aliphatic carbocycles. The molecule has 5 rings (SSSR count). The van der Waals surface area contributed by atoms with Crippen molar-refractivity contribution in [3.05, 3.63) is 41.7 Å². The van der Waals surface area contributed by atoms with Crippen LogP contribution in [0.3, 0.4) is 0 Å². The number of nitrogens with two attached hydrogens (primary N) is 1. The Labute approximate surface area is 175 Å². The summed E-state index contributed by atoms with van der Waals surface area (Å²) in [5, 5.41) is 4.80. The molecule has 0 unspecified atom stereocenters. The summed E-state index contributed by atoms with van der Waals surface area (Å²) in [5.74, 6) is 0.945. The average molecular weight is 409 g/mol. The van der Waals surface area contributed by atoms with Crippen LogP contribution in [0.15, 0.2) is 24.8 Å². The third-order valence-electron chi connectivity index (χ3n) is 6.18. The lowest BCUT2D eigenvalue weighted by atomic mass is 9.99. The van der Waals surface area contributed by atoms with Gasteiger partial charge in [0.15, 0.2) is 5.65 Å². The Bertz CT molecular complexity index is 1090. The van der Waals surface area contributed by atoms with Crippen LogP contribution >= 0.6 is 0 Å². The van der Waals surface area contributed by atoms with E-state index in [-0.39, 0.29) is 18.0 Å². The van der Waals surface area contributed by atoms with Crippen LogP contribution in [-0.4, -0.2) is 60.6 Å². The Morgan fingerprint density at radius 3 is 2.80 bits per heavy atom. The molecule has 2 N–H and O–H groups in total. The molecule has 30 heavy (non-hydrogen) atoms. The van der Waals surface area contributed by atoms with Crippen LogP contribution in [0.25, 0.3) is 5.65 Å². The standard InChI is InChI=1S/C21H28N8O/c1-14-10-29-19(24-20(14)27-8-6-15(22)11-27)9-16(25-29)18-5-3-4-7-28(18)21(30)17-12-26(2)13-23-17/h9-10,12-13,15,18H,3-8,11,22H2,1-2H3/t15-,18-/m0/s1. The van der Waals surface area contributed by atoms with Gasteiger partial charge in [0.2, 0.25) is 0 Å². The van der Waals surface area contributed by atoms with E-state index < -0.39 is 0 Å². The summed E-state index contributed by atoms with van der Waals surface area (Å²) in [4.78, 5) is 26.4. The van der Waals surface area contributed by atoms with Gasteiger partial charge in [0.05, 0.1) is 18.1 Å². The van der Waals surface area contributed by atoms with Gasteiger partial charge in [-0.3, -0.25) is 4.79 Å². The monoisotopic (exact) mass is 408 g/mol. The molecule has 0 aromatic carbocycles. The smallest absolute Gasteiger partial charge is 0.274 e. The van der Waals surface area contributed by atoms with Gasteiger partial charge in [0, 0.05) is 56.7 Å². The van der Waals surface area contributed by atoms with Crippen LogP contribution in [0.2, 0.25) is 0 Å². The van der Waals surface area contributed by atoms with Gasteiger partial charge in [-0.1, -0.05) is 0 Å². The number of anilines is 1. The maximum absolute atomic E-state index is 13.1. The molecule has 0 radical (unpaired) electrons. The maximum Gasteiger partial charge on any atom is 0.274 e. The highest BCUT2D eigenvalue weighted by molar-refractivity contribution is 5.92. The first-order valence-electron chi connectivity index (χ1n) is 10.7. The predicted molar refractivity (Wildman–Crippen MR) is 113 cm³/mol. The summed E-state index contributed by atoms with van der Waals surface area (Å²) in [7, 11) is 1.87. The number of fused-ring (bicyclic) bond motifs is 1. The molecular formula is C21H28N8O. The highest BCUT2D eigenvalue weighted by Gasteiger charge is 2.32. The molecule has 3 aromatic rings. The number of carbonyl (C=O) groups excluding carboxylic acids is 1. The van der Waals surface area contributed by atoms with Crippen LogP contribution in [0.5, 0.6) is 0 Å². The minimum absolute atomic E-state index is 0.0340. The lowest BCUT2D eigenvalue weighted by Gasteiger charge is -2.34. The predicted octanol–water partition coefficient (Wildman–Crippen LogP) is 1.68. The number of carbonyl (C=O) groups is 1. The fourth-order valence-corrected chi connectivity index (χ4v) is 4.63. The largest absolute Gasteiger partial charge is 0.355 e. The number of hydrogen-bond acceptors (Lipinski definition) is 6. The molecule has 0 bridgehead atoms. The van der Waals surface area contributed by atoms with Crippen LogP contribution in [0.1, 0.15) is 53.5 Å². The summed E-state index contributed by atoms with van der Waals surface area (Å²) >= 11 is 0. The minimum Gasteiger partial charge on any atom is -0.355 e. The summed E-state index contributed by atoms with van der Waals surface area (Å²) in [6.07, 6.45) is 9.43. The quantitative estimate of drug-likeness (QED) is 0.708. The van der Waals surface area contributed by atoms with Crippen LogP contribution < -0.4 is 10.6 Å². The number of rotatable bonds is 3. The van der Waals surface area contributed by atoms with E-state index in [4.69, 9.17) is 15.8 Å². The molecule has 2 aliphatic heterocycles. The number of likely N-dealkylation sites (tertiary alicyclic amines) is 1. The van der Waals surface area contributed by atoms with E-state index in [0.29, 0.717) is 5.69 Å². The molecule has 2 atom stereocenters. The third-order valence-corrected chi connectivity index (χ3v) is 6.18. The van der Waals surface area contributed by atoms with Crippen molar-refractivity contribution in [1.29, 1.82) is 0 Å². The lowest BCUT2D eigenvalue weighted by Crippen LogP contribution is -2.38. The van der Waals surface area contributed by atoms with Gasteiger partial charge in [-0.15, -0.1) is 0 Å². The molecule has 0 spiro atoms. The normalized spacial score (nSPS) is 22.2. The van der Waals surface area contributed by atoms with Crippen molar-refractivity contribution in [1.82, 2.24) is 29.0 Å². The molecule has 3 aromatic heterocycles. The second kappa shape index (κ2) is 7.39. The first kappa shape index (κ1) is 19.0. The van der Waals surface area contributed by atoms with Crippen LogP contribution in [0, 0.1) is 6.92 Å². The topological polar surface area (TPSA) is 97.6 Å². The van der Waals surface area contributed by atoms with E-state index >= 15 is 0 Å². The van der Waals surface area contributed by atoms with Crippen molar-refractivity contribution in [2.75, 3.05) is 24.5 Å². The molecule has 2 aliphatic rings. The van der Waals surface area contributed by atoms with Crippen LogP contribution in [0.4, 0.5) is 5.82 Å². The first-order valence-corrected chi connectivity index (χ1v) is 10.7. The number of nitrogens with zero attached hydrogens (tertiary/aromatic N) is 7. The van der Waals surface area contributed by atoms with Gasteiger partial charge in [0.25, 0.3) is 5.91 Å². The van der Waals surface area contributed by atoms with Gasteiger partial charge < -0.3 is 20.1 Å². The van der Waals surface area contributed by atoms with Gasteiger partial charge in [-0.2, -0.15) is 5.10 Å². The summed E-state index contributed by atoms with van der Waals surface area (Å²) in [6, 6.07) is 2.17. The highest BCUT2D eigenvalue weighted by Crippen LogP contribution is 2.32. The maximum atomic E-state index is 13.1. The zero-order valence-corrected chi connectivity index (χ0v) is 17.5. The third kappa shape index (κ3) is 3.32. The van der Waals surface area contributed by atoms with Gasteiger partial charge in [-0.25, -0.2) is 14.5 Å². The Morgan fingerprint density at radius 2 is 2.07 bits per heavy atom. The van der Waals surface area contributed by atoms with E-state index in [2.05, 4.69) is 16.8 Å². The average Bonchev–Trinajstić information content (AvgIpc) is 3.46. The molecule has 2 saturated heterocycles. The first-order chi connectivity index (χ1) is 14.5.